The first-order chi connectivity index (χ1) is 12.8. The highest BCUT2D eigenvalue weighted by atomic mass is 19.1. The second-order valence-electron chi connectivity index (χ2n) is 7.59. The zero-order valence-electron chi connectivity index (χ0n) is 16.5. The van der Waals surface area contributed by atoms with E-state index in [1.54, 1.807) is 24.2 Å². The predicted molar refractivity (Wildman–Crippen MR) is 102 cm³/mol. The van der Waals surface area contributed by atoms with Gasteiger partial charge in [0.25, 0.3) is 5.91 Å². The van der Waals surface area contributed by atoms with Crippen molar-refractivity contribution in [1.29, 1.82) is 0 Å². The van der Waals surface area contributed by atoms with E-state index in [0.29, 0.717) is 37.9 Å². The van der Waals surface area contributed by atoms with E-state index in [2.05, 4.69) is 14.9 Å². The molecule has 9 heteroatoms. The van der Waals surface area contributed by atoms with Gasteiger partial charge in [0.1, 0.15) is 18.1 Å². The minimum atomic E-state index is -0.937. The fourth-order valence-corrected chi connectivity index (χ4v) is 3.61. The molecular weight excluding hydrogens is 351 g/mol. The third kappa shape index (κ3) is 4.65. The molecule has 27 heavy (non-hydrogen) atoms. The standard InChI is InChI=1S/C18H29FN6O2/c1-22(2)18-20-6-5-16(21-18)25-10-13(19)9-14(25)11-24(4)17(26)15-12-23(3)7-8-27-15/h5-6,13-15H,7-12H2,1-4H3/t13-,14-,15-/m0/s1. The SMILES string of the molecule is CN1CCO[C@H](C(=O)N(C)C[C@@H]2C[C@H](F)CN2c2ccnc(N(C)C)n2)C1. The molecule has 2 aliphatic rings. The maximum absolute atomic E-state index is 14.2. The van der Waals surface area contributed by atoms with E-state index in [1.165, 1.54) is 0 Å². The molecule has 0 saturated carbocycles. The van der Waals surface area contributed by atoms with Crippen LogP contribution in [0.15, 0.2) is 12.3 Å². The van der Waals surface area contributed by atoms with Crippen molar-refractivity contribution in [2.45, 2.75) is 24.7 Å². The predicted octanol–water partition coefficient (Wildman–Crippen LogP) is 0.248. The summed E-state index contributed by atoms with van der Waals surface area (Å²) in [5.74, 6) is 1.21. The van der Waals surface area contributed by atoms with Crippen LogP contribution in [0.25, 0.3) is 0 Å². The molecule has 0 aromatic carbocycles. The molecule has 3 rings (SSSR count). The number of rotatable bonds is 5. The summed E-state index contributed by atoms with van der Waals surface area (Å²) in [5.41, 5.74) is 0. The van der Waals surface area contributed by atoms with Crippen molar-refractivity contribution in [1.82, 2.24) is 19.8 Å². The monoisotopic (exact) mass is 380 g/mol. The molecular formula is C18H29FN6O2. The van der Waals surface area contributed by atoms with Crippen LogP contribution in [0.5, 0.6) is 0 Å². The first-order valence-corrected chi connectivity index (χ1v) is 9.31. The van der Waals surface area contributed by atoms with Crippen LogP contribution in [0.1, 0.15) is 6.42 Å². The number of halogens is 1. The van der Waals surface area contributed by atoms with Crippen LogP contribution < -0.4 is 9.80 Å². The molecule has 3 atom stereocenters. The summed E-state index contributed by atoms with van der Waals surface area (Å²) in [6.07, 6.45) is 0.670. The Morgan fingerprint density at radius 3 is 2.85 bits per heavy atom. The zero-order chi connectivity index (χ0) is 19.6. The van der Waals surface area contributed by atoms with Gasteiger partial charge in [0, 0.05) is 53.4 Å². The molecule has 2 aliphatic heterocycles. The van der Waals surface area contributed by atoms with Gasteiger partial charge in [-0.1, -0.05) is 0 Å². The average Bonchev–Trinajstić information content (AvgIpc) is 3.01. The number of nitrogens with zero attached hydrogens (tertiary/aromatic N) is 6. The number of carbonyl (C=O) groups excluding carboxylic acids is 1. The van der Waals surface area contributed by atoms with Gasteiger partial charge >= 0.3 is 0 Å². The average molecular weight is 380 g/mol. The van der Waals surface area contributed by atoms with Gasteiger partial charge in [0.2, 0.25) is 5.95 Å². The molecule has 0 spiro atoms. The van der Waals surface area contributed by atoms with E-state index in [1.807, 2.05) is 30.9 Å². The first-order valence-electron chi connectivity index (χ1n) is 9.31. The molecule has 1 aromatic heterocycles. The smallest absolute Gasteiger partial charge is 0.252 e. The number of aromatic nitrogens is 2. The molecule has 150 valence electrons. The van der Waals surface area contributed by atoms with Gasteiger partial charge in [0.05, 0.1) is 19.2 Å². The molecule has 0 unspecified atom stereocenters. The Hall–Kier alpha value is -2.00. The Bertz CT molecular complexity index is 660. The maximum atomic E-state index is 14.2. The topological polar surface area (TPSA) is 65.0 Å². The summed E-state index contributed by atoms with van der Waals surface area (Å²) in [7, 11) is 7.47. The van der Waals surface area contributed by atoms with E-state index in [9.17, 15) is 9.18 Å². The molecule has 3 heterocycles. The summed E-state index contributed by atoms with van der Waals surface area (Å²) in [4.78, 5) is 29.0. The third-order valence-electron chi connectivity index (χ3n) is 5.09. The molecule has 8 nitrogen and oxygen atoms in total. The number of morpholine rings is 1. The number of carbonyl (C=O) groups is 1. The normalized spacial score (nSPS) is 26.3. The largest absolute Gasteiger partial charge is 0.366 e. The second kappa shape index (κ2) is 8.35. The highest BCUT2D eigenvalue weighted by Gasteiger charge is 2.36. The van der Waals surface area contributed by atoms with E-state index in [4.69, 9.17) is 4.74 Å². The fourth-order valence-electron chi connectivity index (χ4n) is 3.61. The van der Waals surface area contributed by atoms with Crippen LogP contribution in [0, 0.1) is 0 Å². The lowest BCUT2D eigenvalue weighted by Gasteiger charge is -2.34. The number of amides is 1. The highest BCUT2D eigenvalue weighted by Crippen LogP contribution is 2.27. The lowest BCUT2D eigenvalue weighted by Crippen LogP contribution is -2.51. The Morgan fingerprint density at radius 1 is 1.37 bits per heavy atom. The van der Waals surface area contributed by atoms with Gasteiger partial charge in [-0.15, -0.1) is 0 Å². The van der Waals surface area contributed by atoms with Crippen LogP contribution >= 0.6 is 0 Å². The Morgan fingerprint density at radius 2 is 2.15 bits per heavy atom. The molecule has 0 aliphatic carbocycles. The lowest BCUT2D eigenvalue weighted by atomic mass is 10.1. The van der Waals surface area contributed by atoms with Crippen LogP contribution in [0.4, 0.5) is 16.2 Å². The molecule has 0 radical (unpaired) electrons. The summed E-state index contributed by atoms with van der Waals surface area (Å²) < 4.78 is 19.8. The number of hydrogen-bond acceptors (Lipinski definition) is 7. The van der Waals surface area contributed by atoms with Crippen molar-refractivity contribution >= 4 is 17.7 Å². The molecule has 1 amide bonds. The van der Waals surface area contributed by atoms with Gasteiger partial charge in [-0.25, -0.2) is 9.37 Å². The highest BCUT2D eigenvalue weighted by molar-refractivity contribution is 5.81. The van der Waals surface area contributed by atoms with Crippen LogP contribution in [-0.2, 0) is 9.53 Å². The second-order valence-corrected chi connectivity index (χ2v) is 7.59. The van der Waals surface area contributed by atoms with Crippen molar-refractivity contribution in [2.24, 2.45) is 0 Å². The Kier molecular flexibility index (Phi) is 6.11. The summed E-state index contributed by atoms with van der Waals surface area (Å²) in [5, 5.41) is 0. The molecule has 2 saturated heterocycles. The molecule has 2 fully saturated rings. The maximum Gasteiger partial charge on any atom is 0.252 e. The quantitative estimate of drug-likeness (QED) is 0.725. The summed E-state index contributed by atoms with van der Waals surface area (Å²) in [6.45, 7) is 2.68. The number of hydrogen-bond donors (Lipinski definition) is 0. The van der Waals surface area contributed by atoms with Crippen LogP contribution in [0.3, 0.4) is 0 Å². The van der Waals surface area contributed by atoms with Crippen molar-refractivity contribution in [3.05, 3.63) is 12.3 Å². The van der Waals surface area contributed by atoms with Crippen molar-refractivity contribution in [3.8, 4) is 0 Å². The summed E-state index contributed by atoms with van der Waals surface area (Å²) in [6, 6.07) is 1.67. The lowest BCUT2D eigenvalue weighted by molar-refractivity contribution is -0.147. The van der Waals surface area contributed by atoms with Crippen molar-refractivity contribution < 1.29 is 13.9 Å². The van der Waals surface area contributed by atoms with Gasteiger partial charge in [-0.05, 0) is 13.1 Å². The van der Waals surface area contributed by atoms with Gasteiger partial charge in [0.15, 0.2) is 0 Å². The van der Waals surface area contributed by atoms with E-state index in [-0.39, 0.29) is 18.5 Å². The van der Waals surface area contributed by atoms with E-state index >= 15 is 0 Å². The van der Waals surface area contributed by atoms with Crippen molar-refractivity contribution in [2.75, 3.05) is 70.8 Å². The number of likely N-dealkylation sites (N-methyl/N-ethyl adjacent to an activating group) is 2. The Labute approximate surface area is 159 Å². The fraction of sp³-hybridized carbons (Fsp3) is 0.722. The zero-order valence-corrected chi connectivity index (χ0v) is 16.5. The first kappa shape index (κ1) is 19.8. The molecule has 0 N–H and O–H groups in total. The molecule has 0 bridgehead atoms. The van der Waals surface area contributed by atoms with Gasteiger partial charge < -0.3 is 24.3 Å². The van der Waals surface area contributed by atoms with Gasteiger partial charge in [-0.3, -0.25) is 4.79 Å². The van der Waals surface area contributed by atoms with Crippen LogP contribution in [-0.4, -0.2) is 105 Å². The minimum Gasteiger partial charge on any atom is -0.366 e. The van der Waals surface area contributed by atoms with Gasteiger partial charge in [-0.2, -0.15) is 4.98 Å². The number of alkyl halides is 1. The Balaban J connectivity index is 1.69. The molecule has 1 aromatic rings. The van der Waals surface area contributed by atoms with E-state index in [0.717, 1.165) is 6.54 Å². The number of ether oxygens (including phenoxy) is 1. The number of anilines is 2. The van der Waals surface area contributed by atoms with Crippen LogP contribution in [0.2, 0.25) is 0 Å². The summed E-state index contributed by atoms with van der Waals surface area (Å²) >= 11 is 0. The van der Waals surface area contributed by atoms with Crippen molar-refractivity contribution in [3.63, 3.8) is 0 Å². The van der Waals surface area contributed by atoms with E-state index < -0.39 is 12.3 Å². The third-order valence-corrected chi connectivity index (χ3v) is 5.09. The minimum absolute atomic E-state index is 0.0551.